The molecule has 1 aliphatic carbocycles. The summed E-state index contributed by atoms with van der Waals surface area (Å²) >= 11 is 0. The van der Waals surface area contributed by atoms with Gasteiger partial charge in [-0.25, -0.2) is 9.97 Å². The first kappa shape index (κ1) is 23.1. The molecule has 0 spiro atoms. The Morgan fingerprint density at radius 2 is 1.13 bits per heavy atom. The molecule has 180 valence electrons. The standard InChI is InChI=1S/C31H15F3N4/c32-31(33,34)21-12-10-19(11-13-21)25-15-26-27(14-24(25)18-6-2-1-3-7-18)38-30-28(20(16-35)17-36)22-8-4-5-9-23(22)29(30)37-26/h1-15H. The minimum absolute atomic E-state index is 0.0468. The molecule has 5 aromatic rings. The van der Waals surface area contributed by atoms with Crippen LogP contribution in [-0.2, 0) is 6.18 Å². The summed E-state index contributed by atoms with van der Waals surface area (Å²) < 4.78 is 39.6. The van der Waals surface area contributed by atoms with Gasteiger partial charge < -0.3 is 0 Å². The number of nitrogens with zero attached hydrogens (tertiary/aromatic N) is 4. The monoisotopic (exact) mass is 500 g/mol. The fourth-order valence-corrected chi connectivity index (χ4v) is 4.82. The molecule has 0 unspecified atom stereocenters. The predicted octanol–water partition coefficient (Wildman–Crippen LogP) is 7.81. The lowest BCUT2D eigenvalue weighted by Gasteiger charge is -2.14. The maximum Gasteiger partial charge on any atom is 0.416 e. The Morgan fingerprint density at radius 1 is 0.605 bits per heavy atom. The molecule has 38 heavy (non-hydrogen) atoms. The summed E-state index contributed by atoms with van der Waals surface area (Å²) in [6.07, 6.45) is -4.43. The normalized spacial score (nSPS) is 12.0. The van der Waals surface area contributed by atoms with Gasteiger partial charge in [-0.1, -0.05) is 66.7 Å². The van der Waals surface area contributed by atoms with Crippen molar-refractivity contribution in [3.8, 4) is 45.6 Å². The van der Waals surface area contributed by atoms with Gasteiger partial charge in [-0.2, -0.15) is 23.7 Å². The minimum Gasteiger partial charge on any atom is -0.244 e. The third kappa shape index (κ3) is 3.70. The number of fused-ring (bicyclic) bond motifs is 4. The Hall–Kier alpha value is -5.27. The van der Waals surface area contributed by atoms with Crippen LogP contribution in [0, 0.1) is 22.7 Å². The lowest BCUT2D eigenvalue weighted by molar-refractivity contribution is -0.137. The van der Waals surface area contributed by atoms with Crippen molar-refractivity contribution in [2.24, 2.45) is 0 Å². The molecule has 0 saturated heterocycles. The molecule has 0 amide bonds. The van der Waals surface area contributed by atoms with E-state index >= 15 is 0 Å². The maximum atomic E-state index is 13.2. The quantitative estimate of drug-likeness (QED) is 0.227. The molecule has 0 radical (unpaired) electrons. The summed E-state index contributed by atoms with van der Waals surface area (Å²) in [6.45, 7) is 0. The zero-order valence-electron chi connectivity index (χ0n) is 19.6. The molecule has 0 fully saturated rings. The van der Waals surface area contributed by atoms with Gasteiger partial charge in [0.25, 0.3) is 0 Å². The molecule has 0 aliphatic heterocycles. The van der Waals surface area contributed by atoms with Crippen molar-refractivity contribution >= 4 is 16.6 Å². The lowest BCUT2D eigenvalue weighted by Crippen LogP contribution is -2.04. The van der Waals surface area contributed by atoms with Gasteiger partial charge >= 0.3 is 6.18 Å². The second-order valence-corrected chi connectivity index (χ2v) is 8.77. The number of rotatable bonds is 2. The number of nitriles is 2. The summed E-state index contributed by atoms with van der Waals surface area (Å²) in [5.74, 6) is 0. The highest BCUT2D eigenvalue weighted by molar-refractivity contribution is 6.04. The van der Waals surface area contributed by atoms with Gasteiger partial charge in [-0.15, -0.1) is 0 Å². The Kier molecular flexibility index (Phi) is 5.29. The van der Waals surface area contributed by atoms with Crippen LogP contribution >= 0.6 is 0 Å². The van der Waals surface area contributed by atoms with Crippen LogP contribution in [-0.4, -0.2) is 9.97 Å². The highest BCUT2D eigenvalue weighted by Crippen LogP contribution is 2.45. The molecule has 4 aromatic carbocycles. The average molecular weight is 500 g/mol. The second kappa shape index (κ2) is 8.69. The number of alkyl halides is 3. The van der Waals surface area contributed by atoms with E-state index in [0.29, 0.717) is 44.7 Å². The number of hydrogen-bond acceptors (Lipinski definition) is 4. The molecule has 0 saturated carbocycles. The molecule has 1 aromatic heterocycles. The summed E-state index contributed by atoms with van der Waals surface area (Å²) in [7, 11) is 0. The van der Waals surface area contributed by atoms with Crippen molar-refractivity contribution in [3.63, 3.8) is 0 Å². The molecular weight excluding hydrogens is 485 g/mol. The fourth-order valence-electron chi connectivity index (χ4n) is 4.82. The number of aromatic nitrogens is 2. The van der Waals surface area contributed by atoms with Gasteiger partial charge in [0, 0.05) is 11.1 Å². The molecule has 1 heterocycles. The van der Waals surface area contributed by atoms with Crippen molar-refractivity contribution in [2.45, 2.75) is 6.18 Å². The van der Waals surface area contributed by atoms with Crippen LogP contribution < -0.4 is 0 Å². The van der Waals surface area contributed by atoms with Crippen LogP contribution in [0.5, 0.6) is 0 Å². The molecule has 1 aliphatic rings. The Labute approximate surface area is 215 Å². The number of benzene rings is 4. The molecule has 0 N–H and O–H groups in total. The van der Waals surface area contributed by atoms with Crippen molar-refractivity contribution in [1.82, 2.24) is 9.97 Å². The number of hydrogen-bond donors (Lipinski definition) is 0. The van der Waals surface area contributed by atoms with Crippen molar-refractivity contribution in [2.75, 3.05) is 0 Å². The predicted molar refractivity (Wildman–Crippen MR) is 138 cm³/mol. The molecule has 0 bridgehead atoms. The van der Waals surface area contributed by atoms with E-state index in [0.717, 1.165) is 28.8 Å². The van der Waals surface area contributed by atoms with E-state index in [2.05, 4.69) is 0 Å². The van der Waals surface area contributed by atoms with Gasteiger partial charge in [0.1, 0.15) is 17.7 Å². The third-order valence-electron chi connectivity index (χ3n) is 6.57. The zero-order chi connectivity index (χ0) is 26.4. The van der Waals surface area contributed by atoms with E-state index in [1.807, 2.05) is 78.9 Å². The van der Waals surface area contributed by atoms with Gasteiger partial charge in [-0.05, 0) is 52.1 Å². The van der Waals surface area contributed by atoms with Crippen LogP contribution in [0.25, 0.3) is 50.1 Å². The third-order valence-corrected chi connectivity index (χ3v) is 6.57. The summed E-state index contributed by atoms with van der Waals surface area (Å²) in [5.41, 5.74) is 6.20. The van der Waals surface area contributed by atoms with Crippen molar-refractivity contribution < 1.29 is 13.2 Å². The van der Waals surface area contributed by atoms with Crippen LogP contribution in [0.3, 0.4) is 0 Å². The lowest BCUT2D eigenvalue weighted by atomic mass is 9.93. The zero-order valence-corrected chi connectivity index (χ0v) is 19.6. The van der Waals surface area contributed by atoms with E-state index in [1.54, 1.807) is 0 Å². The first-order chi connectivity index (χ1) is 18.4. The Morgan fingerprint density at radius 3 is 1.71 bits per heavy atom. The van der Waals surface area contributed by atoms with Crippen LogP contribution in [0.15, 0.2) is 96.6 Å². The molecule has 7 heteroatoms. The van der Waals surface area contributed by atoms with Crippen molar-refractivity contribution in [1.29, 1.82) is 10.5 Å². The topological polar surface area (TPSA) is 73.4 Å². The second-order valence-electron chi connectivity index (χ2n) is 8.77. The van der Waals surface area contributed by atoms with E-state index in [-0.39, 0.29) is 5.57 Å². The van der Waals surface area contributed by atoms with Crippen LogP contribution in [0.4, 0.5) is 13.2 Å². The van der Waals surface area contributed by atoms with Gasteiger partial charge in [0.15, 0.2) is 0 Å². The van der Waals surface area contributed by atoms with Gasteiger partial charge in [-0.3, -0.25) is 0 Å². The summed E-state index contributed by atoms with van der Waals surface area (Å²) in [5, 5.41) is 19.3. The minimum atomic E-state index is -4.43. The first-order valence-electron chi connectivity index (χ1n) is 11.6. The average Bonchev–Trinajstić information content (AvgIpc) is 3.25. The molecule has 6 rings (SSSR count). The van der Waals surface area contributed by atoms with Gasteiger partial charge in [0.2, 0.25) is 0 Å². The Bertz CT molecular complexity index is 1840. The van der Waals surface area contributed by atoms with E-state index < -0.39 is 11.7 Å². The molecule has 4 nitrogen and oxygen atoms in total. The van der Waals surface area contributed by atoms with Crippen LogP contribution in [0.1, 0.15) is 16.8 Å². The SMILES string of the molecule is N#CC(C#N)=C1c2ccccc2-c2nc3cc(-c4ccc(C(F)(F)F)cc4)c(-c4ccccc4)cc3nc21. The van der Waals surface area contributed by atoms with E-state index in [4.69, 9.17) is 9.97 Å². The maximum absolute atomic E-state index is 13.2. The highest BCUT2D eigenvalue weighted by Gasteiger charge is 2.31. The van der Waals surface area contributed by atoms with E-state index in [9.17, 15) is 23.7 Å². The van der Waals surface area contributed by atoms with Crippen LogP contribution in [0.2, 0.25) is 0 Å². The summed E-state index contributed by atoms with van der Waals surface area (Å²) in [6, 6.07) is 29.5. The van der Waals surface area contributed by atoms with Gasteiger partial charge in [0.05, 0.1) is 28.0 Å². The van der Waals surface area contributed by atoms with E-state index in [1.165, 1.54) is 12.1 Å². The number of allylic oxidation sites excluding steroid dienone is 1. The Balaban J connectivity index is 1.64. The number of halogens is 3. The largest absolute Gasteiger partial charge is 0.416 e. The fraction of sp³-hybridized carbons (Fsp3) is 0.0323. The smallest absolute Gasteiger partial charge is 0.244 e. The van der Waals surface area contributed by atoms with Crippen molar-refractivity contribution in [3.05, 3.63) is 113 Å². The molecular formula is C31H15F3N4. The summed E-state index contributed by atoms with van der Waals surface area (Å²) in [4.78, 5) is 9.75. The molecule has 0 atom stereocenters. The first-order valence-corrected chi connectivity index (χ1v) is 11.6. The highest BCUT2D eigenvalue weighted by atomic mass is 19.4.